The van der Waals surface area contributed by atoms with Crippen molar-refractivity contribution in [1.29, 1.82) is 0 Å². The number of ether oxygens (including phenoxy) is 1. The van der Waals surface area contributed by atoms with Crippen molar-refractivity contribution in [3.8, 4) is 0 Å². The summed E-state index contributed by atoms with van der Waals surface area (Å²) in [5.41, 5.74) is 2.49. The van der Waals surface area contributed by atoms with Crippen molar-refractivity contribution in [3.05, 3.63) is 59.0 Å². The molecule has 8 nitrogen and oxygen atoms in total. The van der Waals surface area contributed by atoms with Crippen molar-refractivity contribution >= 4 is 55.4 Å². The Hall–Kier alpha value is -3.40. The van der Waals surface area contributed by atoms with Gasteiger partial charge in [-0.05, 0) is 57.3 Å². The van der Waals surface area contributed by atoms with Gasteiger partial charge in [-0.25, -0.2) is 9.97 Å². The number of benzene rings is 1. The SMILES string of the molecule is COC(C)(C)CN1CCC(c2nc(C3=C(c4c[nH]c5sccc45)C(=O)NC3=O)c3ccccc3n2)CC1. The predicted octanol–water partition coefficient (Wildman–Crippen LogP) is 4.34. The van der Waals surface area contributed by atoms with Gasteiger partial charge in [-0.1, -0.05) is 18.2 Å². The van der Waals surface area contributed by atoms with Crippen molar-refractivity contribution in [1.82, 2.24) is 25.2 Å². The van der Waals surface area contributed by atoms with Gasteiger partial charge in [0.05, 0.1) is 28.0 Å². The summed E-state index contributed by atoms with van der Waals surface area (Å²) in [6.45, 7) is 6.92. The Labute approximate surface area is 218 Å². The second-order valence-corrected chi connectivity index (χ2v) is 11.3. The van der Waals surface area contributed by atoms with Crippen LogP contribution in [0.5, 0.6) is 0 Å². The Morgan fingerprint density at radius 2 is 1.81 bits per heavy atom. The van der Waals surface area contributed by atoms with E-state index >= 15 is 0 Å². The summed E-state index contributed by atoms with van der Waals surface area (Å²) in [5.74, 6) is 0.0832. The molecule has 0 unspecified atom stereocenters. The van der Waals surface area contributed by atoms with Gasteiger partial charge in [-0.2, -0.15) is 0 Å². The van der Waals surface area contributed by atoms with E-state index in [-0.39, 0.29) is 11.5 Å². The van der Waals surface area contributed by atoms with E-state index in [2.05, 4.69) is 29.0 Å². The number of nitrogens with zero attached hydrogens (tertiary/aromatic N) is 3. The topological polar surface area (TPSA) is 100 Å². The number of imide groups is 1. The van der Waals surface area contributed by atoms with Crippen molar-refractivity contribution in [2.75, 3.05) is 26.7 Å². The van der Waals surface area contributed by atoms with Gasteiger partial charge in [0.1, 0.15) is 10.7 Å². The Morgan fingerprint density at radius 3 is 2.59 bits per heavy atom. The number of hydrogen-bond donors (Lipinski definition) is 2. The van der Waals surface area contributed by atoms with E-state index in [4.69, 9.17) is 14.7 Å². The molecule has 0 bridgehead atoms. The number of aromatic amines is 1. The number of carbonyl (C=O) groups excluding carboxylic acids is 2. The molecule has 0 aliphatic carbocycles. The highest BCUT2D eigenvalue weighted by atomic mass is 32.1. The molecule has 2 N–H and O–H groups in total. The minimum atomic E-state index is -0.420. The Kier molecular flexibility index (Phi) is 5.94. The predicted molar refractivity (Wildman–Crippen MR) is 145 cm³/mol. The van der Waals surface area contributed by atoms with Gasteiger partial charge in [0, 0.05) is 42.1 Å². The number of aromatic nitrogens is 3. The number of nitrogens with one attached hydrogen (secondary N) is 2. The first-order chi connectivity index (χ1) is 17.8. The summed E-state index contributed by atoms with van der Waals surface area (Å²) in [5, 5.41) is 6.17. The smallest absolute Gasteiger partial charge is 0.261 e. The maximum atomic E-state index is 13.2. The van der Waals surface area contributed by atoms with Crippen LogP contribution in [0.25, 0.3) is 32.3 Å². The molecule has 3 aromatic heterocycles. The number of likely N-dealkylation sites (tertiary alicyclic amines) is 1. The van der Waals surface area contributed by atoms with Crippen LogP contribution in [0.3, 0.4) is 0 Å². The van der Waals surface area contributed by atoms with Crippen molar-refractivity contribution in [3.63, 3.8) is 0 Å². The Balaban J connectivity index is 1.43. The molecular weight excluding hydrogens is 486 g/mol. The van der Waals surface area contributed by atoms with E-state index < -0.39 is 11.8 Å². The molecule has 37 heavy (non-hydrogen) atoms. The normalized spacial score (nSPS) is 17.9. The number of methoxy groups -OCH3 is 1. The molecule has 0 radical (unpaired) electrons. The summed E-state index contributed by atoms with van der Waals surface area (Å²) in [4.78, 5) is 42.8. The van der Waals surface area contributed by atoms with Crippen LogP contribution in [-0.4, -0.2) is 64.0 Å². The fourth-order valence-electron chi connectivity index (χ4n) is 5.41. The molecule has 0 saturated carbocycles. The molecule has 2 amide bonds. The van der Waals surface area contributed by atoms with Crippen LogP contribution in [-0.2, 0) is 14.3 Å². The third kappa shape index (κ3) is 4.27. The third-order valence-corrected chi connectivity index (χ3v) is 8.32. The van der Waals surface area contributed by atoms with Crippen LogP contribution < -0.4 is 5.32 Å². The summed E-state index contributed by atoms with van der Waals surface area (Å²) in [6, 6.07) is 9.68. The fourth-order valence-corrected chi connectivity index (χ4v) is 6.19. The summed E-state index contributed by atoms with van der Waals surface area (Å²) in [7, 11) is 1.75. The number of rotatable bonds is 6. The molecule has 1 fully saturated rings. The quantitative estimate of drug-likeness (QED) is 0.371. The number of piperidine rings is 1. The number of fused-ring (bicyclic) bond motifs is 2. The maximum absolute atomic E-state index is 13.2. The number of hydrogen-bond acceptors (Lipinski definition) is 7. The minimum Gasteiger partial charge on any atom is -0.377 e. The average Bonchev–Trinajstić information content (AvgIpc) is 3.58. The molecule has 190 valence electrons. The molecule has 0 spiro atoms. The highest BCUT2D eigenvalue weighted by molar-refractivity contribution is 7.16. The molecule has 9 heteroatoms. The van der Waals surface area contributed by atoms with Crippen LogP contribution in [0, 0.1) is 0 Å². The second kappa shape index (κ2) is 9.16. The van der Waals surface area contributed by atoms with Gasteiger partial charge in [-0.15, -0.1) is 11.3 Å². The van der Waals surface area contributed by atoms with Gasteiger partial charge >= 0.3 is 0 Å². The first-order valence-electron chi connectivity index (χ1n) is 12.5. The molecule has 2 aliphatic rings. The average molecular weight is 516 g/mol. The van der Waals surface area contributed by atoms with Crippen LogP contribution in [0.2, 0.25) is 0 Å². The molecular formula is C28H29N5O3S. The monoisotopic (exact) mass is 515 g/mol. The van der Waals surface area contributed by atoms with E-state index in [1.807, 2.05) is 35.7 Å². The summed E-state index contributed by atoms with van der Waals surface area (Å²) < 4.78 is 5.62. The molecule has 6 rings (SSSR count). The van der Waals surface area contributed by atoms with Crippen molar-refractivity contribution < 1.29 is 14.3 Å². The van der Waals surface area contributed by atoms with Gasteiger partial charge in [-0.3, -0.25) is 14.9 Å². The van der Waals surface area contributed by atoms with E-state index in [0.717, 1.165) is 59.4 Å². The van der Waals surface area contributed by atoms with Gasteiger partial charge in [0.25, 0.3) is 11.8 Å². The van der Waals surface area contributed by atoms with E-state index in [1.54, 1.807) is 24.6 Å². The zero-order valence-electron chi connectivity index (χ0n) is 21.1. The van der Waals surface area contributed by atoms with Crippen molar-refractivity contribution in [2.45, 2.75) is 38.2 Å². The van der Waals surface area contributed by atoms with Crippen LogP contribution in [0.4, 0.5) is 0 Å². The number of para-hydroxylation sites is 1. The molecule has 0 atom stereocenters. The lowest BCUT2D eigenvalue weighted by molar-refractivity contribution is -0.122. The highest BCUT2D eigenvalue weighted by Gasteiger charge is 2.36. The minimum absolute atomic E-state index is 0.172. The van der Waals surface area contributed by atoms with Gasteiger partial charge in [0.15, 0.2) is 0 Å². The third-order valence-electron chi connectivity index (χ3n) is 7.47. The largest absolute Gasteiger partial charge is 0.377 e. The Bertz CT molecular complexity index is 1560. The van der Waals surface area contributed by atoms with E-state index in [9.17, 15) is 9.59 Å². The van der Waals surface area contributed by atoms with E-state index in [1.165, 1.54) is 0 Å². The molecule has 5 heterocycles. The molecule has 1 aromatic carbocycles. The lowest BCUT2D eigenvalue weighted by Crippen LogP contribution is -2.43. The first-order valence-corrected chi connectivity index (χ1v) is 13.4. The number of carbonyl (C=O) groups is 2. The molecule has 1 saturated heterocycles. The van der Waals surface area contributed by atoms with Crippen LogP contribution >= 0.6 is 11.3 Å². The number of H-pyrrole nitrogens is 1. The fraction of sp³-hybridized carbons (Fsp3) is 0.357. The number of amides is 2. The van der Waals surface area contributed by atoms with Crippen molar-refractivity contribution in [2.24, 2.45) is 0 Å². The summed E-state index contributed by atoms with van der Waals surface area (Å²) >= 11 is 1.56. The Morgan fingerprint density at radius 1 is 1.05 bits per heavy atom. The summed E-state index contributed by atoms with van der Waals surface area (Å²) in [6.07, 6.45) is 3.64. The second-order valence-electron chi connectivity index (χ2n) is 10.4. The molecule has 2 aliphatic heterocycles. The lowest BCUT2D eigenvalue weighted by atomic mass is 9.93. The standard InChI is InChI=1S/C28H29N5O3S/c1-28(2,36-3)15-33-11-8-16(9-12-33)24-30-20-7-5-4-6-18(20)23(31-24)22-21(25(34)32-26(22)35)19-14-29-27-17(19)10-13-37-27/h4-7,10,13-14,16,29H,8-9,11-12,15H2,1-3H3,(H,32,34,35). The number of thiophene rings is 1. The van der Waals surface area contributed by atoms with Gasteiger partial charge in [0.2, 0.25) is 0 Å². The van der Waals surface area contributed by atoms with E-state index in [0.29, 0.717) is 22.4 Å². The maximum Gasteiger partial charge on any atom is 0.261 e. The lowest BCUT2D eigenvalue weighted by Gasteiger charge is -2.36. The first kappa shape index (κ1) is 24.0. The highest BCUT2D eigenvalue weighted by Crippen LogP contribution is 2.38. The zero-order chi connectivity index (χ0) is 25.7. The van der Waals surface area contributed by atoms with Crippen LogP contribution in [0.1, 0.15) is 49.7 Å². The van der Waals surface area contributed by atoms with Crippen LogP contribution in [0.15, 0.2) is 41.9 Å². The van der Waals surface area contributed by atoms with Gasteiger partial charge < -0.3 is 14.6 Å². The molecule has 4 aromatic rings. The zero-order valence-corrected chi connectivity index (χ0v) is 21.9.